The van der Waals surface area contributed by atoms with E-state index >= 15 is 0 Å². The number of sulfonamides is 1. The minimum atomic E-state index is -3.83. The molecule has 1 aliphatic rings. The molecule has 0 radical (unpaired) electrons. The van der Waals surface area contributed by atoms with Gasteiger partial charge in [0.1, 0.15) is 16.5 Å². The van der Waals surface area contributed by atoms with Crippen LogP contribution in [0.25, 0.3) is 0 Å². The molecule has 1 aliphatic carbocycles. The molecule has 1 aromatic heterocycles. The molecule has 0 N–H and O–H groups in total. The van der Waals surface area contributed by atoms with Gasteiger partial charge < -0.3 is 4.42 Å². The summed E-state index contributed by atoms with van der Waals surface area (Å²) in [6, 6.07) is 5.74. The Kier molecular flexibility index (Phi) is 5.48. The molecule has 130 valence electrons. The molecule has 0 unspecified atom stereocenters. The third kappa shape index (κ3) is 3.61. The molecule has 0 atom stereocenters. The predicted octanol–water partition coefficient (Wildman–Crippen LogP) is 5.08. The molecule has 0 amide bonds. The van der Waals surface area contributed by atoms with Gasteiger partial charge in [0.25, 0.3) is 0 Å². The summed E-state index contributed by atoms with van der Waals surface area (Å²) in [6.07, 6.45) is 5.16. The molecule has 0 bridgehead atoms. The van der Waals surface area contributed by atoms with E-state index in [1.807, 2.05) is 0 Å². The van der Waals surface area contributed by atoms with Crippen LogP contribution in [0, 0.1) is 5.82 Å². The monoisotopic (exact) mass is 479 g/mol. The summed E-state index contributed by atoms with van der Waals surface area (Å²) >= 11 is 6.38. The molecular formula is C16H16Br2FNO3S. The molecule has 0 aliphatic heterocycles. The number of nitrogens with zero attached hydrogens (tertiary/aromatic N) is 1. The van der Waals surface area contributed by atoms with Gasteiger partial charge in [0.2, 0.25) is 10.0 Å². The summed E-state index contributed by atoms with van der Waals surface area (Å²) in [4.78, 5) is 0.0438. The molecule has 3 rings (SSSR count). The minimum Gasteiger partial charge on any atom is -0.468 e. The SMILES string of the molecule is O=S(=O)(c1c(Br)cc(F)cc1Br)N(Cc1ccco1)C1CCCC1. The molecule has 1 heterocycles. The minimum absolute atomic E-state index is 0.0438. The lowest BCUT2D eigenvalue weighted by molar-refractivity contribution is 0.291. The Morgan fingerprint density at radius 1 is 1.21 bits per heavy atom. The summed E-state index contributed by atoms with van der Waals surface area (Å²) < 4.78 is 47.4. The Hall–Kier alpha value is -0.700. The van der Waals surface area contributed by atoms with Crippen molar-refractivity contribution in [1.29, 1.82) is 0 Å². The molecule has 1 aromatic carbocycles. The van der Waals surface area contributed by atoms with Crippen molar-refractivity contribution in [2.75, 3.05) is 0 Å². The molecule has 1 fully saturated rings. The van der Waals surface area contributed by atoms with E-state index in [0.717, 1.165) is 37.8 Å². The Morgan fingerprint density at radius 3 is 2.38 bits per heavy atom. The van der Waals surface area contributed by atoms with Crippen molar-refractivity contribution < 1.29 is 17.2 Å². The fourth-order valence-corrected chi connectivity index (χ4v) is 7.16. The van der Waals surface area contributed by atoms with Gasteiger partial charge in [-0.05, 0) is 69.0 Å². The summed E-state index contributed by atoms with van der Waals surface area (Å²) in [5, 5.41) is 0. The predicted molar refractivity (Wildman–Crippen MR) is 95.5 cm³/mol. The average molecular weight is 481 g/mol. The largest absolute Gasteiger partial charge is 0.468 e. The number of hydrogen-bond acceptors (Lipinski definition) is 3. The van der Waals surface area contributed by atoms with Crippen LogP contribution in [-0.2, 0) is 16.6 Å². The summed E-state index contributed by atoms with van der Waals surface area (Å²) in [6.45, 7) is 0.163. The van der Waals surface area contributed by atoms with Crippen molar-refractivity contribution in [2.45, 2.75) is 43.2 Å². The van der Waals surface area contributed by atoms with Gasteiger partial charge in [0.15, 0.2) is 0 Å². The Bertz CT molecular complexity index is 795. The van der Waals surface area contributed by atoms with Crippen LogP contribution >= 0.6 is 31.9 Å². The van der Waals surface area contributed by atoms with E-state index in [-0.39, 0.29) is 26.4 Å². The van der Waals surface area contributed by atoms with Crippen molar-refractivity contribution in [3.05, 3.63) is 51.1 Å². The maximum absolute atomic E-state index is 13.5. The number of rotatable bonds is 5. The lowest BCUT2D eigenvalue weighted by Crippen LogP contribution is -2.38. The molecule has 2 aromatic rings. The first-order valence-corrected chi connectivity index (χ1v) is 10.6. The van der Waals surface area contributed by atoms with Crippen LogP contribution in [0.3, 0.4) is 0 Å². The molecule has 0 saturated heterocycles. The van der Waals surface area contributed by atoms with Gasteiger partial charge in [0, 0.05) is 15.0 Å². The topological polar surface area (TPSA) is 50.5 Å². The van der Waals surface area contributed by atoms with Crippen molar-refractivity contribution in [3.8, 4) is 0 Å². The van der Waals surface area contributed by atoms with Gasteiger partial charge >= 0.3 is 0 Å². The van der Waals surface area contributed by atoms with E-state index in [1.165, 1.54) is 10.6 Å². The van der Waals surface area contributed by atoms with Gasteiger partial charge in [-0.25, -0.2) is 12.8 Å². The van der Waals surface area contributed by atoms with Crippen molar-refractivity contribution >= 4 is 41.9 Å². The van der Waals surface area contributed by atoms with Crippen LogP contribution in [0.15, 0.2) is 48.8 Å². The highest BCUT2D eigenvalue weighted by Gasteiger charge is 2.36. The van der Waals surface area contributed by atoms with Gasteiger partial charge in [-0.3, -0.25) is 0 Å². The van der Waals surface area contributed by atoms with Gasteiger partial charge in [-0.15, -0.1) is 0 Å². The normalized spacial score (nSPS) is 16.2. The van der Waals surface area contributed by atoms with Crippen molar-refractivity contribution in [1.82, 2.24) is 4.31 Å². The van der Waals surface area contributed by atoms with Gasteiger partial charge in [-0.1, -0.05) is 12.8 Å². The molecular weight excluding hydrogens is 465 g/mol. The van der Waals surface area contributed by atoms with E-state index < -0.39 is 15.8 Å². The van der Waals surface area contributed by atoms with Gasteiger partial charge in [-0.2, -0.15) is 4.31 Å². The highest BCUT2D eigenvalue weighted by atomic mass is 79.9. The van der Waals surface area contributed by atoms with Crippen LogP contribution in [0.5, 0.6) is 0 Å². The Balaban J connectivity index is 2.05. The number of hydrogen-bond donors (Lipinski definition) is 0. The van der Waals surface area contributed by atoms with E-state index in [9.17, 15) is 12.8 Å². The summed E-state index contributed by atoms with van der Waals surface area (Å²) in [5.74, 6) is 0.0750. The zero-order valence-corrected chi connectivity index (χ0v) is 16.7. The lowest BCUT2D eigenvalue weighted by atomic mass is 10.2. The van der Waals surface area contributed by atoms with Crippen LogP contribution < -0.4 is 0 Å². The number of benzene rings is 1. The van der Waals surface area contributed by atoms with Crippen molar-refractivity contribution in [2.24, 2.45) is 0 Å². The third-order valence-corrected chi connectivity index (χ3v) is 7.93. The molecule has 0 spiro atoms. The van der Waals surface area contributed by atoms with E-state index in [1.54, 1.807) is 12.1 Å². The second-order valence-electron chi connectivity index (χ2n) is 5.77. The van der Waals surface area contributed by atoms with E-state index in [0.29, 0.717) is 5.76 Å². The second kappa shape index (κ2) is 7.27. The Labute approximate surface area is 157 Å². The van der Waals surface area contributed by atoms with Crippen LogP contribution in [-0.4, -0.2) is 18.8 Å². The zero-order valence-electron chi connectivity index (χ0n) is 12.7. The first-order chi connectivity index (χ1) is 11.4. The highest BCUT2D eigenvalue weighted by Crippen LogP contribution is 2.37. The summed E-state index contributed by atoms with van der Waals surface area (Å²) in [7, 11) is -3.83. The zero-order chi connectivity index (χ0) is 17.3. The van der Waals surface area contributed by atoms with Crippen molar-refractivity contribution in [3.63, 3.8) is 0 Å². The standard InChI is InChI=1S/C16H16Br2FNO3S/c17-14-8-11(19)9-15(18)16(14)24(21,22)20(12-4-1-2-5-12)10-13-6-3-7-23-13/h3,6-9,12H,1-2,4-5,10H2. The quantitative estimate of drug-likeness (QED) is 0.599. The molecule has 24 heavy (non-hydrogen) atoms. The highest BCUT2D eigenvalue weighted by molar-refractivity contribution is 9.11. The van der Waals surface area contributed by atoms with Crippen LogP contribution in [0.1, 0.15) is 31.4 Å². The van der Waals surface area contributed by atoms with Crippen LogP contribution in [0.2, 0.25) is 0 Å². The Morgan fingerprint density at radius 2 is 1.83 bits per heavy atom. The number of halogens is 3. The molecule has 8 heteroatoms. The smallest absolute Gasteiger partial charge is 0.245 e. The van der Waals surface area contributed by atoms with E-state index in [2.05, 4.69) is 31.9 Å². The van der Waals surface area contributed by atoms with E-state index in [4.69, 9.17) is 4.42 Å². The fourth-order valence-electron chi connectivity index (χ4n) is 3.05. The van der Waals surface area contributed by atoms with Gasteiger partial charge in [0.05, 0.1) is 12.8 Å². The molecule has 4 nitrogen and oxygen atoms in total. The average Bonchev–Trinajstić information content (AvgIpc) is 3.16. The maximum atomic E-state index is 13.5. The maximum Gasteiger partial charge on any atom is 0.245 e. The first-order valence-electron chi connectivity index (χ1n) is 7.58. The summed E-state index contributed by atoms with van der Waals surface area (Å²) in [5.41, 5.74) is 0. The number of furan rings is 1. The fraction of sp³-hybridized carbons (Fsp3) is 0.375. The second-order valence-corrected chi connectivity index (χ2v) is 9.30. The first kappa shape index (κ1) is 18.1. The van der Waals surface area contributed by atoms with Crippen LogP contribution in [0.4, 0.5) is 4.39 Å². The molecule has 1 saturated carbocycles. The third-order valence-electron chi connectivity index (χ3n) is 4.15. The lowest BCUT2D eigenvalue weighted by Gasteiger charge is -2.28.